The molecule has 0 saturated heterocycles. The molecular weight excluding hydrogens is 350 g/mol. The van der Waals surface area contributed by atoms with Gasteiger partial charge in [-0.1, -0.05) is 18.2 Å². The second-order valence-electron chi connectivity index (χ2n) is 5.57. The highest BCUT2D eigenvalue weighted by molar-refractivity contribution is 5.98. The van der Waals surface area contributed by atoms with Crippen molar-refractivity contribution >= 4 is 17.7 Å². The van der Waals surface area contributed by atoms with Crippen molar-refractivity contribution in [2.75, 3.05) is 20.8 Å². The van der Waals surface area contributed by atoms with E-state index in [-0.39, 0.29) is 19.0 Å². The van der Waals surface area contributed by atoms with Crippen molar-refractivity contribution in [3.8, 4) is 11.5 Å². The van der Waals surface area contributed by atoms with Crippen LogP contribution >= 0.6 is 0 Å². The molecule has 4 N–H and O–H groups in total. The maximum Gasteiger partial charge on any atom is 0.255 e. The number of para-hydroxylation sites is 1. The van der Waals surface area contributed by atoms with Gasteiger partial charge >= 0.3 is 0 Å². The number of carbonyl (C=O) groups is 3. The molecule has 0 aliphatic heterocycles. The van der Waals surface area contributed by atoms with Crippen LogP contribution in [0, 0.1) is 0 Å². The minimum atomic E-state index is -0.615. The van der Waals surface area contributed by atoms with Gasteiger partial charge in [-0.25, -0.2) is 0 Å². The molecule has 0 aromatic heterocycles. The molecule has 0 saturated carbocycles. The Morgan fingerprint density at radius 2 is 1.63 bits per heavy atom. The SMILES string of the molecule is COc1cccc(C(=O)NCc2ccc(C(=O)NCC(N)=O)cc2)c1OC. The summed E-state index contributed by atoms with van der Waals surface area (Å²) in [7, 11) is 2.97. The van der Waals surface area contributed by atoms with Crippen LogP contribution in [-0.4, -0.2) is 38.5 Å². The Balaban J connectivity index is 2.00. The standard InChI is InChI=1S/C19H21N3O5/c1-26-15-5-3-4-14(17(15)27-2)19(25)21-10-12-6-8-13(9-7-12)18(24)22-11-16(20)23/h3-9H,10-11H2,1-2H3,(H2,20,23)(H,21,25)(H,22,24). The Morgan fingerprint density at radius 1 is 0.926 bits per heavy atom. The lowest BCUT2D eigenvalue weighted by molar-refractivity contribution is -0.117. The number of hydrogen-bond donors (Lipinski definition) is 3. The van der Waals surface area contributed by atoms with Gasteiger partial charge in [-0.15, -0.1) is 0 Å². The van der Waals surface area contributed by atoms with Crippen LogP contribution in [0.3, 0.4) is 0 Å². The molecule has 2 aromatic carbocycles. The first kappa shape index (κ1) is 19.8. The number of amides is 3. The largest absolute Gasteiger partial charge is 0.493 e. The molecule has 0 spiro atoms. The summed E-state index contributed by atoms with van der Waals surface area (Å²) in [6.07, 6.45) is 0. The molecule has 142 valence electrons. The van der Waals surface area contributed by atoms with Crippen LogP contribution in [0.15, 0.2) is 42.5 Å². The minimum Gasteiger partial charge on any atom is -0.493 e. The van der Waals surface area contributed by atoms with Crippen molar-refractivity contribution in [1.82, 2.24) is 10.6 Å². The summed E-state index contributed by atoms with van der Waals surface area (Å²) in [4.78, 5) is 35.0. The predicted molar refractivity (Wildman–Crippen MR) is 98.7 cm³/mol. The Bertz CT molecular complexity index is 834. The van der Waals surface area contributed by atoms with E-state index in [1.807, 2.05) is 0 Å². The molecule has 0 fully saturated rings. The monoisotopic (exact) mass is 371 g/mol. The van der Waals surface area contributed by atoms with Gasteiger partial charge < -0.3 is 25.8 Å². The zero-order chi connectivity index (χ0) is 19.8. The summed E-state index contributed by atoms with van der Waals surface area (Å²) in [5, 5.41) is 5.20. The zero-order valence-corrected chi connectivity index (χ0v) is 15.1. The second kappa shape index (κ2) is 9.23. The third kappa shape index (κ3) is 5.21. The normalized spacial score (nSPS) is 10.0. The Hall–Kier alpha value is -3.55. The molecular formula is C19H21N3O5. The molecule has 0 aliphatic rings. The van der Waals surface area contributed by atoms with E-state index in [4.69, 9.17) is 15.2 Å². The number of nitrogens with two attached hydrogens (primary N) is 1. The van der Waals surface area contributed by atoms with Crippen LogP contribution in [-0.2, 0) is 11.3 Å². The second-order valence-corrected chi connectivity index (χ2v) is 5.57. The summed E-state index contributed by atoms with van der Waals surface area (Å²) in [5.74, 6) is -0.495. The van der Waals surface area contributed by atoms with Crippen molar-refractivity contribution < 1.29 is 23.9 Å². The van der Waals surface area contributed by atoms with Crippen molar-refractivity contribution in [1.29, 1.82) is 0 Å². The summed E-state index contributed by atoms with van der Waals surface area (Å²) in [6, 6.07) is 11.7. The third-order valence-electron chi connectivity index (χ3n) is 3.74. The molecule has 3 amide bonds. The van der Waals surface area contributed by atoms with Gasteiger partial charge in [0.05, 0.1) is 26.3 Å². The molecule has 27 heavy (non-hydrogen) atoms. The molecule has 0 bridgehead atoms. The van der Waals surface area contributed by atoms with E-state index in [2.05, 4.69) is 10.6 Å². The fourth-order valence-corrected chi connectivity index (χ4v) is 2.39. The molecule has 2 aromatic rings. The van der Waals surface area contributed by atoms with E-state index >= 15 is 0 Å². The average Bonchev–Trinajstić information content (AvgIpc) is 2.69. The zero-order valence-electron chi connectivity index (χ0n) is 15.1. The first-order chi connectivity index (χ1) is 13.0. The van der Waals surface area contributed by atoms with E-state index in [0.29, 0.717) is 22.6 Å². The molecule has 0 atom stereocenters. The Morgan fingerprint density at radius 3 is 2.22 bits per heavy atom. The van der Waals surface area contributed by atoms with E-state index in [0.717, 1.165) is 5.56 Å². The topological polar surface area (TPSA) is 120 Å². The maximum atomic E-state index is 12.4. The smallest absolute Gasteiger partial charge is 0.255 e. The van der Waals surface area contributed by atoms with Crippen LogP contribution in [0.5, 0.6) is 11.5 Å². The van der Waals surface area contributed by atoms with Gasteiger partial charge in [0.15, 0.2) is 11.5 Å². The van der Waals surface area contributed by atoms with Gasteiger partial charge in [0.25, 0.3) is 11.8 Å². The molecule has 0 radical (unpaired) electrons. The van der Waals surface area contributed by atoms with Gasteiger partial charge in [-0.2, -0.15) is 0 Å². The number of methoxy groups -OCH3 is 2. The fourth-order valence-electron chi connectivity index (χ4n) is 2.39. The Labute approximate surface area is 156 Å². The summed E-state index contributed by atoms with van der Waals surface area (Å²) >= 11 is 0. The van der Waals surface area contributed by atoms with E-state index in [9.17, 15) is 14.4 Å². The van der Waals surface area contributed by atoms with Crippen molar-refractivity contribution in [3.63, 3.8) is 0 Å². The van der Waals surface area contributed by atoms with E-state index in [1.165, 1.54) is 14.2 Å². The lowest BCUT2D eigenvalue weighted by Crippen LogP contribution is -2.33. The van der Waals surface area contributed by atoms with Crippen LogP contribution in [0.4, 0.5) is 0 Å². The van der Waals surface area contributed by atoms with Crippen LogP contribution in [0.25, 0.3) is 0 Å². The number of ether oxygens (including phenoxy) is 2. The van der Waals surface area contributed by atoms with Gasteiger partial charge in [0.1, 0.15) is 0 Å². The number of rotatable bonds is 8. The highest BCUT2D eigenvalue weighted by Crippen LogP contribution is 2.30. The van der Waals surface area contributed by atoms with Crippen molar-refractivity contribution in [2.45, 2.75) is 6.54 Å². The lowest BCUT2D eigenvalue weighted by atomic mass is 10.1. The summed E-state index contributed by atoms with van der Waals surface area (Å²) < 4.78 is 10.4. The van der Waals surface area contributed by atoms with E-state index in [1.54, 1.807) is 42.5 Å². The number of benzene rings is 2. The van der Waals surface area contributed by atoms with Crippen molar-refractivity contribution in [3.05, 3.63) is 59.2 Å². The third-order valence-corrected chi connectivity index (χ3v) is 3.74. The number of carbonyl (C=O) groups excluding carboxylic acids is 3. The fraction of sp³-hybridized carbons (Fsp3) is 0.211. The van der Waals surface area contributed by atoms with Crippen LogP contribution < -0.4 is 25.8 Å². The highest BCUT2D eigenvalue weighted by Gasteiger charge is 2.16. The molecule has 0 aliphatic carbocycles. The number of hydrogen-bond acceptors (Lipinski definition) is 5. The first-order valence-corrected chi connectivity index (χ1v) is 8.11. The van der Waals surface area contributed by atoms with Gasteiger partial charge in [0.2, 0.25) is 5.91 Å². The van der Waals surface area contributed by atoms with E-state index < -0.39 is 11.8 Å². The Kier molecular flexibility index (Phi) is 6.76. The quantitative estimate of drug-likeness (QED) is 0.635. The molecule has 8 heteroatoms. The van der Waals surface area contributed by atoms with Gasteiger partial charge in [-0.05, 0) is 29.8 Å². The van der Waals surface area contributed by atoms with Crippen molar-refractivity contribution in [2.24, 2.45) is 5.73 Å². The number of nitrogens with one attached hydrogen (secondary N) is 2. The van der Waals surface area contributed by atoms with Gasteiger partial charge in [-0.3, -0.25) is 14.4 Å². The van der Waals surface area contributed by atoms with Crippen LogP contribution in [0.2, 0.25) is 0 Å². The predicted octanol–water partition coefficient (Wildman–Crippen LogP) is 0.849. The molecule has 0 heterocycles. The summed E-state index contributed by atoms with van der Waals surface area (Å²) in [5.41, 5.74) is 6.54. The summed E-state index contributed by atoms with van der Waals surface area (Å²) in [6.45, 7) is 0.0431. The highest BCUT2D eigenvalue weighted by atomic mass is 16.5. The molecule has 0 unspecified atom stereocenters. The molecule has 8 nitrogen and oxygen atoms in total. The maximum absolute atomic E-state index is 12.4. The molecule has 2 rings (SSSR count). The lowest BCUT2D eigenvalue weighted by Gasteiger charge is -2.12. The average molecular weight is 371 g/mol. The number of primary amides is 1. The first-order valence-electron chi connectivity index (χ1n) is 8.11. The van der Waals surface area contributed by atoms with Gasteiger partial charge in [0, 0.05) is 12.1 Å². The minimum absolute atomic E-state index is 0.223. The van der Waals surface area contributed by atoms with Crippen LogP contribution in [0.1, 0.15) is 26.3 Å².